The van der Waals surface area contributed by atoms with Gasteiger partial charge in [-0.05, 0) is 57.6 Å². The minimum Gasteiger partial charge on any atom is -0.388 e. The summed E-state index contributed by atoms with van der Waals surface area (Å²) in [6.45, 7) is 3.05. The molecule has 2 unspecified atom stereocenters. The van der Waals surface area contributed by atoms with Crippen LogP contribution < -0.4 is 10.0 Å². The van der Waals surface area contributed by atoms with E-state index in [-0.39, 0.29) is 6.04 Å². The van der Waals surface area contributed by atoms with E-state index in [2.05, 4.69) is 28.9 Å². The lowest BCUT2D eigenvalue weighted by atomic mass is 10.0. The molecule has 2 atom stereocenters. The molecule has 0 radical (unpaired) electrons. The summed E-state index contributed by atoms with van der Waals surface area (Å²) in [5.41, 5.74) is 0.900. The largest absolute Gasteiger partial charge is 0.388 e. The van der Waals surface area contributed by atoms with Gasteiger partial charge in [0.2, 0.25) is 10.0 Å². The molecule has 112 valence electrons. The van der Waals surface area contributed by atoms with Crippen molar-refractivity contribution in [1.29, 1.82) is 0 Å². The first-order chi connectivity index (χ1) is 9.42. The number of hydrogen-bond donors (Lipinski definition) is 2. The van der Waals surface area contributed by atoms with Gasteiger partial charge >= 0.3 is 0 Å². The molecule has 6 heteroatoms. The van der Waals surface area contributed by atoms with Crippen LogP contribution in [0.25, 0.3) is 0 Å². The van der Waals surface area contributed by atoms with Crippen LogP contribution in [0.15, 0.2) is 29.2 Å². The Labute approximate surface area is 121 Å². The van der Waals surface area contributed by atoms with E-state index < -0.39 is 10.0 Å². The van der Waals surface area contributed by atoms with Crippen LogP contribution in [0.1, 0.15) is 19.8 Å². The Balaban J connectivity index is 2.07. The van der Waals surface area contributed by atoms with E-state index in [1.54, 1.807) is 24.3 Å². The molecule has 0 aromatic heterocycles. The third-order valence-corrected chi connectivity index (χ3v) is 5.52. The number of benzene rings is 1. The predicted octanol–water partition coefficient (Wildman–Crippen LogP) is 1.49. The second kappa shape index (κ2) is 6.11. The molecule has 1 aromatic carbocycles. The third kappa shape index (κ3) is 3.50. The molecule has 1 aliphatic heterocycles. The van der Waals surface area contributed by atoms with Crippen LogP contribution in [0, 0.1) is 0 Å². The smallest absolute Gasteiger partial charge is 0.240 e. The first-order valence-corrected chi connectivity index (χ1v) is 8.41. The lowest BCUT2D eigenvalue weighted by Crippen LogP contribution is -2.47. The summed E-state index contributed by atoms with van der Waals surface area (Å²) in [6.07, 6.45) is 1.71. The zero-order chi connectivity index (χ0) is 14.8. The summed E-state index contributed by atoms with van der Waals surface area (Å²) in [5.74, 6) is 0. The summed E-state index contributed by atoms with van der Waals surface area (Å²) in [5, 5.41) is 2.98. The van der Waals surface area contributed by atoms with E-state index in [1.807, 2.05) is 7.05 Å². The van der Waals surface area contributed by atoms with Gasteiger partial charge in [-0.2, -0.15) is 0 Å². The molecular weight excluding hydrogens is 274 g/mol. The summed E-state index contributed by atoms with van der Waals surface area (Å²) < 4.78 is 27.5. The Morgan fingerprint density at radius 3 is 2.45 bits per heavy atom. The highest BCUT2D eigenvalue weighted by atomic mass is 32.2. The fraction of sp³-hybridized carbons (Fsp3) is 0.571. The zero-order valence-corrected chi connectivity index (χ0v) is 13.1. The number of anilines is 1. The SMILES string of the molecule is CNc1ccc(S(=O)(=O)NC2CCN(C)C(C)C2)cc1. The van der Waals surface area contributed by atoms with Crippen LogP contribution in [0.5, 0.6) is 0 Å². The Hall–Kier alpha value is -1.11. The van der Waals surface area contributed by atoms with Gasteiger partial charge in [-0.25, -0.2) is 13.1 Å². The lowest BCUT2D eigenvalue weighted by molar-refractivity contribution is 0.178. The third-order valence-electron chi connectivity index (χ3n) is 3.98. The Morgan fingerprint density at radius 1 is 1.25 bits per heavy atom. The summed E-state index contributed by atoms with van der Waals surface area (Å²) in [4.78, 5) is 2.58. The van der Waals surface area contributed by atoms with E-state index in [0.29, 0.717) is 10.9 Å². The standard InChI is InChI=1S/C14H23N3O2S/c1-11-10-13(8-9-17(11)3)16-20(18,19)14-6-4-12(15-2)5-7-14/h4-7,11,13,15-16H,8-10H2,1-3H3. The Morgan fingerprint density at radius 2 is 1.90 bits per heavy atom. The van der Waals surface area contributed by atoms with E-state index >= 15 is 0 Å². The van der Waals surface area contributed by atoms with Crippen LogP contribution in [-0.2, 0) is 10.0 Å². The van der Waals surface area contributed by atoms with Crippen molar-refractivity contribution in [2.75, 3.05) is 26.0 Å². The maximum absolute atomic E-state index is 12.3. The summed E-state index contributed by atoms with van der Waals surface area (Å²) in [6, 6.07) is 7.23. The molecule has 0 saturated carbocycles. The van der Waals surface area contributed by atoms with Crippen LogP contribution in [0.3, 0.4) is 0 Å². The van der Waals surface area contributed by atoms with Crippen molar-refractivity contribution >= 4 is 15.7 Å². The van der Waals surface area contributed by atoms with Gasteiger partial charge in [-0.15, -0.1) is 0 Å². The minimum absolute atomic E-state index is 0.0233. The van der Waals surface area contributed by atoms with Crippen molar-refractivity contribution in [3.8, 4) is 0 Å². The molecule has 0 amide bonds. The van der Waals surface area contributed by atoms with Crippen molar-refractivity contribution < 1.29 is 8.42 Å². The highest BCUT2D eigenvalue weighted by Crippen LogP contribution is 2.19. The number of hydrogen-bond acceptors (Lipinski definition) is 4. The average Bonchev–Trinajstić information content (AvgIpc) is 2.43. The van der Waals surface area contributed by atoms with E-state index in [0.717, 1.165) is 25.1 Å². The quantitative estimate of drug-likeness (QED) is 0.884. The van der Waals surface area contributed by atoms with Crippen molar-refractivity contribution in [1.82, 2.24) is 9.62 Å². The number of sulfonamides is 1. The van der Waals surface area contributed by atoms with Gasteiger partial charge in [0.15, 0.2) is 0 Å². The zero-order valence-electron chi connectivity index (χ0n) is 12.3. The number of nitrogens with zero attached hydrogens (tertiary/aromatic N) is 1. The topological polar surface area (TPSA) is 61.4 Å². The van der Waals surface area contributed by atoms with Gasteiger partial charge in [0.05, 0.1) is 4.90 Å². The fourth-order valence-corrected chi connectivity index (χ4v) is 3.77. The number of rotatable bonds is 4. The lowest BCUT2D eigenvalue weighted by Gasteiger charge is -2.35. The molecule has 1 heterocycles. The second-order valence-corrected chi connectivity index (χ2v) is 7.16. The van der Waals surface area contributed by atoms with Crippen LogP contribution >= 0.6 is 0 Å². The molecule has 5 nitrogen and oxygen atoms in total. The highest BCUT2D eigenvalue weighted by Gasteiger charge is 2.26. The number of piperidine rings is 1. The molecule has 0 aliphatic carbocycles. The van der Waals surface area contributed by atoms with Gasteiger partial charge in [-0.1, -0.05) is 0 Å². The molecule has 2 rings (SSSR count). The molecule has 20 heavy (non-hydrogen) atoms. The first-order valence-electron chi connectivity index (χ1n) is 6.93. The summed E-state index contributed by atoms with van der Waals surface area (Å²) in [7, 11) is 0.460. The van der Waals surface area contributed by atoms with E-state index in [1.165, 1.54) is 0 Å². The van der Waals surface area contributed by atoms with Crippen LogP contribution in [-0.4, -0.2) is 46.0 Å². The number of likely N-dealkylation sites (tertiary alicyclic amines) is 1. The molecule has 1 fully saturated rings. The van der Waals surface area contributed by atoms with E-state index in [9.17, 15) is 8.42 Å². The normalized spacial score (nSPS) is 24.6. The number of nitrogens with one attached hydrogen (secondary N) is 2. The molecule has 1 aromatic rings. The molecular formula is C14H23N3O2S. The van der Waals surface area contributed by atoms with E-state index in [4.69, 9.17) is 0 Å². The van der Waals surface area contributed by atoms with Crippen molar-refractivity contribution in [2.24, 2.45) is 0 Å². The fourth-order valence-electron chi connectivity index (χ4n) is 2.48. The Bertz CT molecular complexity index is 542. The highest BCUT2D eigenvalue weighted by molar-refractivity contribution is 7.89. The monoisotopic (exact) mass is 297 g/mol. The van der Waals surface area contributed by atoms with Gasteiger partial charge in [0.25, 0.3) is 0 Å². The predicted molar refractivity (Wildman–Crippen MR) is 81.4 cm³/mol. The molecule has 1 saturated heterocycles. The van der Waals surface area contributed by atoms with Gasteiger partial charge < -0.3 is 10.2 Å². The van der Waals surface area contributed by atoms with Crippen molar-refractivity contribution in [2.45, 2.75) is 36.7 Å². The molecule has 2 N–H and O–H groups in total. The Kier molecular flexibility index (Phi) is 4.67. The molecule has 0 bridgehead atoms. The van der Waals surface area contributed by atoms with Gasteiger partial charge in [-0.3, -0.25) is 0 Å². The first kappa shape index (κ1) is 15.3. The van der Waals surface area contributed by atoms with Gasteiger partial charge in [0.1, 0.15) is 0 Å². The van der Waals surface area contributed by atoms with Gasteiger partial charge in [0, 0.05) is 24.8 Å². The average molecular weight is 297 g/mol. The van der Waals surface area contributed by atoms with Crippen molar-refractivity contribution in [3.05, 3.63) is 24.3 Å². The maximum Gasteiger partial charge on any atom is 0.240 e. The molecule has 1 aliphatic rings. The van der Waals surface area contributed by atoms with Crippen molar-refractivity contribution in [3.63, 3.8) is 0 Å². The minimum atomic E-state index is -3.42. The van der Waals surface area contributed by atoms with Crippen LogP contribution in [0.2, 0.25) is 0 Å². The van der Waals surface area contributed by atoms with Crippen LogP contribution in [0.4, 0.5) is 5.69 Å². The second-order valence-electron chi connectivity index (χ2n) is 5.45. The maximum atomic E-state index is 12.3. The summed E-state index contributed by atoms with van der Waals surface area (Å²) >= 11 is 0. The molecule has 0 spiro atoms.